The summed E-state index contributed by atoms with van der Waals surface area (Å²) >= 11 is 0. The van der Waals surface area contributed by atoms with Crippen LogP contribution in [0.2, 0.25) is 0 Å². The number of aromatic hydroxyl groups is 1. The highest BCUT2D eigenvalue weighted by Crippen LogP contribution is 2.08. The topological polar surface area (TPSA) is 70.4 Å². The largest absolute Gasteiger partial charge is 0.508 e. The molecular weight excluding hydrogens is 228 g/mol. The molecule has 0 spiro atoms. The molecule has 0 fully saturated rings. The van der Waals surface area contributed by atoms with Crippen LogP contribution in [0.25, 0.3) is 0 Å². The standard InChI is InChI=1S/C13H14N4O/c1-9-7-10(2)16-13(15-9)17-14-8-11-3-5-12(18)6-4-11/h3-8,18H,1-2H3,(H,15,16,17)/b14-8-. The molecule has 1 aromatic heterocycles. The first-order valence-electron chi connectivity index (χ1n) is 5.54. The van der Waals surface area contributed by atoms with E-state index >= 15 is 0 Å². The third-order valence-electron chi connectivity index (χ3n) is 2.25. The van der Waals surface area contributed by atoms with Crippen molar-refractivity contribution in [3.05, 3.63) is 47.3 Å². The molecule has 18 heavy (non-hydrogen) atoms. The summed E-state index contributed by atoms with van der Waals surface area (Å²) in [6.07, 6.45) is 1.64. The van der Waals surface area contributed by atoms with Crippen LogP contribution in [-0.4, -0.2) is 21.3 Å². The van der Waals surface area contributed by atoms with Crippen molar-refractivity contribution in [2.45, 2.75) is 13.8 Å². The van der Waals surface area contributed by atoms with Crippen LogP contribution in [0.5, 0.6) is 5.75 Å². The first-order valence-corrected chi connectivity index (χ1v) is 5.54. The Balaban J connectivity index is 2.04. The zero-order valence-electron chi connectivity index (χ0n) is 10.3. The van der Waals surface area contributed by atoms with Crippen LogP contribution in [0, 0.1) is 13.8 Å². The lowest BCUT2D eigenvalue weighted by Crippen LogP contribution is -1.99. The minimum Gasteiger partial charge on any atom is -0.508 e. The van der Waals surface area contributed by atoms with Gasteiger partial charge in [0.05, 0.1) is 6.21 Å². The van der Waals surface area contributed by atoms with Gasteiger partial charge in [-0.05, 0) is 49.7 Å². The quantitative estimate of drug-likeness (QED) is 0.639. The molecular formula is C13H14N4O. The lowest BCUT2D eigenvalue weighted by atomic mass is 10.2. The second-order valence-corrected chi connectivity index (χ2v) is 3.94. The summed E-state index contributed by atoms with van der Waals surface area (Å²) in [6, 6.07) is 8.64. The summed E-state index contributed by atoms with van der Waals surface area (Å²) in [5.74, 6) is 0.709. The maximum atomic E-state index is 9.14. The molecule has 2 N–H and O–H groups in total. The summed E-state index contributed by atoms with van der Waals surface area (Å²) in [7, 11) is 0. The third kappa shape index (κ3) is 3.28. The Morgan fingerprint density at radius 3 is 2.33 bits per heavy atom. The van der Waals surface area contributed by atoms with Crippen LogP contribution in [-0.2, 0) is 0 Å². The van der Waals surface area contributed by atoms with Crippen molar-refractivity contribution in [1.82, 2.24) is 9.97 Å². The van der Waals surface area contributed by atoms with Crippen LogP contribution in [0.3, 0.4) is 0 Å². The number of phenolic OH excluding ortho intramolecular Hbond substituents is 1. The molecule has 2 rings (SSSR count). The first-order chi connectivity index (χ1) is 8.63. The average Bonchev–Trinajstić information content (AvgIpc) is 2.30. The first kappa shape index (κ1) is 12.0. The number of benzene rings is 1. The van der Waals surface area contributed by atoms with Crippen molar-refractivity contribution in [1.29, 1.82) is 0 Å². The van der Waals surface area contributed by atoms with E-state index in [1.165, 1.54) is 0 Å². The Morgan fingerprint density at radius 2 is 1.72 bits per heavy atom. The molecule has 0 bridgehead atoms. The van der Waals surface area contributed by atoms with Gasteiger partial charge in [0.1, 0.15) is 5.75 Å². The van der Waals surface area contributed by atoms with Gasteiger partial charge in [-0.1, -0.05) is 0 Å². The SMILES string of the molecule is Cc1cc(C)nc(N/N=C\c2ccc(O)cc2)n1. The predicted octanol–water partition coefficient (Wildman–Crippen LogP) is 2.25. The van der Waals surface area contributed by atoms with E-state index < -0.39 is 0 Å². The third-order valence-corrected chi connectivity index (χ3v) is 2.25. The van der Waals surface area contributed by atoms with E-state index in [0.29, 0.717) is 5.95 Å². The maximum Gasteiger partial charge on any atom is 0.243 e. The van der Waals surface area contributed by atoms with E-state index in [-0.39, 0.29) is 5.75 Å². The van der Waals surface area contributed by atoms with Gasteiger partial charge in [0.25, 0.3) is 0 Å². The Labute approximate surface area is 105 Å². The van der Waals surface area contributed by atoms with E-state index in [4.69, 9.17) is 5.11 Å². The molecule has 0 saturated carbocycles. The van der Waals surface area contributed by atoms with E-state index in [2.05, 4.69) is 20.5 Å². The number of nitrogens with zero attached hydrogens (tertiary/aromatic N) is 3. The molecule has 1 heterocycles. The number of phenols is 1. The van der Waals surface area contributed by atoms with Gasteiger partial charge >= 0.3 is 0 Å². The Hall–Kier alpha value is -2.43. The van der Waals surface area contributed by atoms with E-state index in [1.54, 1.807) is 30.5 Å². The van der Waals surface area contributed by atoms with Gasteiger partial charge in [0.2, 0.25) is 5.95 Å². The lowest BCUT2D eigenvalue weighted by molar-refractivity contribution is 0.475. The zero-order chi connectivity index (χ0) is 13.0. The molecule has 0 aliphatic rings. The fourth-order valence-corrected chi connectivity index (χ4v) is 1.50. The summed E-state index contributed by atoms with van der Waals surface area (Å²) in [5, 5.41) is 13.2. The van der Waals surface area contributed by atoms with Crippen LogP contribution >= 0.6 is 0 Å². The van der Waals surface area contributed by atoms with Crippen LogP contribution < -0.4 is 5.43 Å². The number of hydrogen-bond donors (Lipinski definition) is 2. The highest BCUT2D eigenvalue weighted by Gasteiger charge is 1.96. The molecule has 0 unspecified atom stereocenters. The fraction of sp³-hybridized carbons (Fsp3) is 0.154. The number of anilines is 1. The summed E-state index contributed by atoms with van der Waals surface area (Å²) in [4.78, 5) is 8.41. The number of aryl methyl sites for hydroxylation is 2. The lowest BCUT2D eigenvalue weighted by Gasteiger charge is -2.01. The Morgan fingerprint density at radius 1 is 1.11 bits per heavy atom. The minimum atomic E-state index is 0.234. The highest BCUT2D eigenvalue weighted by atomic mass is 16.3. The average molecular weight is 242 g/mol. The number of rotatable bonds is 3. The highest BCUT2D eigenvalue weighted by molar-refractivity contribution is 5.80. The molecule has 0 aliphatic carbocycles. The molecule has 5 heteroatoms. The summed E-state index contributed by atoms with van der Waals surface area (Å²) < 4.78 is 0. The normalized spacial score (nSPS) is 10.8. The molecule has 0 saturated heterocycles. The maximum absolute atomic E-state index is 9.14. The fourth-order valence-electron chi connectivity index (χ4n) is 1.50. The van der Waals surface area contributed by atoms with E-state index in [9.17, 15) is 0 Å². The van der Waals surface area contributed by atoms with Gasteiger partial charge in [-0.3, -0.25) is 0 Å². The van der Waals surface area contributed by atoms with Gasteiger partial charge < -0.3 is 5.11 Å². The number of nitrogens with one attached hydrogen (secondary N) is 1. The van der Waals surface area contributed by atoms with Crippen molar-refractivity contribution in [2.75, 3.05) is 5.43 Å². The second-order valence-electron chi connectivity index (χ2n) is 3.94. The van der Waals surface area contributed by atoms with Crippen molar-refractivity contribution < 1.29 is 5.11 Å². The van der Waals surface area contributed by atoms with Crippen molar-refractivity contribution in [3.8, 4) is 5.75 Å². The molecule has 0 atom stereocenters. The number of aromatic nitrogens is 2. The van der Waals surface area contributed by atoms with Gasteiger partial charge in [0.15, 0.2) is 0 Å². The summed E-state index contributed by atoms with van der Waals surface area (Å²) in [5.41, 5.74) is 5.44. The van der Waals surface area contributed by atoms with Crippen LogP contribution in [0.15, 0.2) is 35.4 Å². The minimum absolute atomic E-state index is 0.234. The monoisotopic (exact) mass is 242 g/mol. The van der Waals surface area contributed by atoms with Gasteiger partial charge in [-0.25, -0.2) is 15.4 Å². The number of hydrazone groups is 1. The van der Waals surface area contributed by atoms with Gasteiger partial charge in [0, 0.05) is 11.4 Å². The molecule has 1 aromatic carbocycles. The van der Waals surface area contributed by atoms with Gasteiger partial charge in [-0.15, -0.1) is 0 Å². The smallest absolute Gasteiger partial charge is 0.243 e. The number of hydrogen-bond acceptors (Lipinski definition) is 5. The molecule has 92 valence electrons. The Kier molecular flexibility index (Phi) is 3.52. The van der Waals surface area contributed by atoms with Crippen LogP contribution in [0.4, 0.5) is 5.95 Å². The predicted molar refractivity (Wildman–Crippen MR) is 70.8 cm³/mol. The van der Waals surface area contributed by atoms with Crippen LogP contribution in [0.1, 0.15) is 17.0 Å². The Bertz CT molecular complexity index is 543. The molecule has 5 nitrogen and oxygen atoms in total. The van der Waals surface area contributed by atoms with Crippen molar-refractivity contribution >= 4 is 12.2 Å². The van der Waals surface area contributed by atoms with Gasteiger partial charge in [-0.2, -0.15) is 5.10 Å². The van der Waals surface area contributed by atoms with E-state index in [1.807, 2.05) is 19.9 Å². The zero-order valence-corrected chi connectivity index (χ0v) is 10.3. The molecule has 0 amide bonds. The molecule has 0 aliphatic heterocycles. The van der Waals surface area contributed by atoms with E-state index in [0.717, 1.165) is 17.0 Å². The molecule has 2 aromatic rings. The summed E-state index contributed by atoms with van der Waals surface area (Å²) in [6.45, 7) is 3.81. The van der Waals surface area contributed by atoms with Crippen molar-refractivity contribution in [3.63, 3.8) is 0 Å². The van der Waals surface area contributed by atoms with Crippen molar-refractivity contribution in [2.24, 2.45) is 5.10 Å². The second kappa shape index (κ2) is 5.27. The molecule has 0 radical (unpaired) electrons.